The van der Waals surface area contributed by atoms with Gasteiger partial charge in [0.2, 0.25) is 0 Å². The van der Waals surface area contributed by atoms with Gasteiger partial charge in [-0.05, 0) is 76.4 Å². The Morgan fingerprint density at radius 1 is 0.826 bits per heavy atom. The van der Waals surface area contributed by atoms with Gasteiger partial charge >= 0.3 is 23.9 Å². The van der Waals surface area contributed by atoms with Gasteiger partial charge < -0.3 is 33.5 Å². The molecule has 1 N–H and O–H groups in total. The van der Waals surface area contributed by atoms with Crippen LogP contribution in [0.3, 0.4) is 0 Å². The molecule has 46 heavy (non-hydrogen) atoms. The molecule has 0 saturated carbocycles. The molecule has 0 aromatic heterocycles. The number of fused-ring (bicyclic) bond motifs is 6. The molecule has 0 amide bonds. The van der Waals surface area contributed by atoms with Gasteiger partial charge in [0.25, 0.3) is 0 Å². The van der Waals surface area contributed by atoms with Crippen LogP contribution < -0.4 is 0 Å². The monoisotopic (exact) mass is 640 g/mol. The number of ether oxygens (including phenoxy) is 6. The third-order valence-electron chi connectivity index (χ3n) is 10.5. The van der Waals surface area contributed by atoms with Gasteiger partial charge in [-0.25, -0.2) is 9.59 Å². The minimum absolute atomic E-state index is 0.0551. The van der Waals surface area contributed by atoms with Crippen molar-refractivity contribution < 1.29 is 52.7 Å². The Labute approximate surface area is 268 Å². The second-order valence-electron chi connectivity index (χ2n) is 14.0. The molecule has 4 heterocycles. The summed E-state index contributed by atoms with van der Waals surface area (Å²) in [6.07, 6.45) is 6.60. The average molecular weight is 641 g/mol. The first-order valence-corrected chi connectivity index (χ1v) is 16.4. The predicted molar refractivity (Wildman–Crippen MR) is 162 cm³/mol. The lowest BCUT2D eigenvalue weighted by Crippen LogP contribution is -2.29. The van der Waals surface area contributed by atoms with E-state index >= 15 is 0 Å². The molecule has 0 aromatic rings. The zero-order valence-corrected chi connectivity index (χ0v) is 26.6. The molecular weight excluding hydrogens is 596 g/mol. The van der Waals surface area contributed by atoms with E-state index in [1.807, 2.05) is 26.0 Å². The van der Waals surface area contributed by atoms with Gasteiger partial charge in [0.15, 0.2) is 0 Å². The van der Waals surface area contributed by atoms with E-state index in [4.69, 9.17) is 28.4 Å². The second-order valence-corrected chi connectivity index (χ2v) is 14.0. The van der Waals surface area contributed by atoms with Gasteiger partial charge in [-0.2, -0.15) is 0 Å². The highest BCUT2D eigenvalue weighted by Gasteiger charge is 2.62. The third kappa shape index (κ3) is 6.87. The van der Waals surface area contributed by atoms with Gasteiger partial charge in [0.1, 0.15) is 37.6 Å². The van der Waals surface area contributed by atoms with E-state index in [2.05, 4.69) is 13.2 Å². The van der Waals surface area contributed by atoms with Crippen molar-refractivity contribution >= 4 is 23.9 Å². The molecule has 6 rings (SSSR count). The fraction of sp³-hybridized carbons (Fsp3) is 0.657. The highest BCUT2D eigenvalue weighted by molar-refractivity contribution is 5.91. The number of rotatable bonds is 8. The lowest BCUT2D eigenvalue weighted by molar-refractivity contribution is -0.149. The Bertz CT molecular complexity index is 1280. The zero-order chi connectivity index (χ0) is 32.8. The summed E-state index contributed by atoms with van der Waals surface area (Å²) < 4.78 is 34.0. The quantitative estimate of drug-likeness (QED) is 0.136. The van der Waals surface area contributed by atoms with E-state index < -0.39 is 18.0 Å². The van der Waals surface area contributed by atoms with E-state index in [1.165, 1.54) is 0 Å². The van der Waals surface area contributed by atoms with Gasteiger partial charge in [-0.3, -0.25) is 9.59 Å². The number of allylic oxidation sites excluding steroid dienone is 2. The summed E-state index contributed by atoms with van der Waals surface area (Å²) in [4.78, 5) is 49.5. The molecule has 4 fully saturated rings. The third-order valence-corrected chi connectivity index (χ3v) is 10.5. The number of aliphatic hydroxyl groups excluding tert-OH is 1. The molecule has 11 heteroatoms. The van der Waals surface area contributed by atoms with Crippen LogP contribution in [0.15, 0.2) is 47.6 Å². The van der Waals surface area contributed by atoms with Crippen LogP contribution in [0.1, 0.15) is 78.1 Å². The Kier molecular flexibility index (Phi) is 9.04. The summed E-state index contributed by atoms with van der Waals surface area (Å²) in [5.41, 5.74) is 2.01. The van der Waals surface area contributed by atoms with Crippen LogP contribution in [0.25, 0.3) is 0 Å². The maximum atomic E-state index is 12.6. The van der Waals surface area contributed by atoms with Crippen LogP contribution in [0.5, 0.6) is 0 Å². The lowest BCUT2D eigenvalue weighted by Gasteiger charge is -2.20. The highest BCUT2D eigenvalue weighted by Crippen LogP contribution is 2.51. The highest BCUT2D eigenvalue weighted by atomic mass is 16.7. The molecule has 6 aliphatic rings. The second kappa shape index (κ2) is 12.7. The van der Waals surface area contributed by atoms with Crippen molar-refractivity contribution in [3.05, 3.63) is 47.6 Å². The Morgan fingerprint density at radius 3 is 1.65 bits per heavy atom. The van der Waals surface area contributed by atoms with E-state index in [0.29, 0.717) is 36.8 Å². The number of carbonyl (C=O) groups excluding carboxylic acids is 4. The summed E-state index contributed by atoms with van der Waals surface area (Å²) in [6, 6.07) is 0. The largest absolute Gasteiger partial charge is 0.461 e. The summed E-state index contributed by atoms with van der Waals surface area (Å²) >= 11 is 0. The Morgan fingerprint density at radius 2 is 1.24 bits per heavy atom. The molecule has 0 bridgehead atoms. The zero-order valence-electron chi connectivity index (χ0n) is 26.6. The number of hydrogen-bond donors (Lipinski definition) is 1. The fourth-order valence-electron chi connectivity index (χ4n) is 7.42. The van der Waals surface area contributed by atoms with Gasteiger partial charge in [-0.1, -0.05) is 25.3 Å². The van der Waals surface area contributed by atoms with Crippen molar-refractivity contribution in [2.45, 2.75) is 120 Å². The maximum Gasteiger partial charge on any atom is 0.334 e. The molecule has 4 saturated heterocycles. The van der Waals surface area contributed by atoms with Crippen molar-refractivity contribution in [1.82, 2.24) is 0 Å². The first kappa shape index (κ1) is 32.7. The van der Waals surface area contributed by atoms with E-state index in [1.54, 1.807) is 0 Å². The van der Waals surface area contributed by atoms with Crippen LogP contribution in [0, 0.1) is 11.8 Å². The molecule has 0 spiro atoms. The van der Waals surface area contributed by atoms with Crippen molar-refractivity contribution in [2.24, 2.45) is 11.8 Å². The first-order valence-electron chi connectivity index (χ1n) is 16.4. The number of carbonyl (C=O) groups is 4. The van der Waals surface area contributed by atoms with E-state index in [-0.39, 0.29) is 85.4 Å². The molecule has 4 aliphatic heterocycles. The molecule has 0 aromatic carbocycles. The smallest absolute Gasteiger partial charge is 0.334 e. The SMILES string of the molecule is C=C1C(=O)O[C@H]2[C@H]1CC/C(COC(=O)CC(O)CC(=O)OC/C1=C/CC[C@@]3(C)O[C@H]3[C@H]3OC(=O)C(=C)[C@@H]3CC1)=C\CC[C@@]1(C)O[C@@H]21. The van der Waals surface area contributed by atoms with Crippen LogP contribution >= 0.6 is 0 Å². The number of hydrogen-bond acceptors (Lipinski definition) is 11. The van der Waals surface area contributed by atoms with Crippen molar-refractivity contribution in [1.29, 1.82) is 0 Å². The average Bonchev–Trinajstić information content (AvgIpc) is 3.81. The summed E-state index contributed by atoms with van der Waals surface area (Å²) in [5, 5.41) is 10.4. The molecular formula is C35H44O11. The van der Waals surface area contributed by atoms with E-state index in [0.717, 1.165) is 36.8 Å². The minimum Gasteiger partial charge on any atom is -0.461 e. The number of aliphatic hydroxyl groups is 1. The van der Waals surface area contributed by atoms with Crippen LogP contribution in [0.4, 0.5) is 0 Å². The fourth-order valence-corrected chi connectivity index (χ4v) is 7.42. The maximum absolute atomic E-state index is 12.6. The number of esters is 4. The van der Waals surface area contributed by atoms with Gasteiger partial charge in [0, 0.05) is 23.0 Å². The molecule has 0 radical (unpaired) electrons. The van der Waals surface area contributed by atoms with Crippen LogP contribution in [-0.4, -0.2) is 83.9 Å². The molecule has 2 aliphatic carbocycles. The Hall–Kier alpha value is -3.28. The standard InChI is InChI=1S/C35H44O11/c1-19-24-11-9-21(7-5-13-34(3)30(45-34)28(24)43-32(19)39)17-41-26(37)15-23(36)16-27(38)42-18-22-8-6-14-35(4)31(46-35)29-25(12-10-22)20(2)33(40)44-29/h7-8,23-25,28-31,36H,1-2,5-6,9-18H2,3-4H3/b21-7+,22-8+/t24-,25-,28-,29-,30-,31-,34+,35+/m0/s1. The van der Waals surface area contributed by atoms with Crippen molar-refractivity contribution in [2.75, 3.05) is 13.2 Å². The summed E-state index contributed by atoms with van der Waals surface area (Å²) in [6.45, 7) is 12.0. The Balaban J connectivity index is 0.944. The van der Waals surface area contributed by atoms with Crippen molar-refractivity contribution in [3.8, 4) is 0 Å². The molecule has 8 atom stereocenters. The minimum atomic E-state index is -1.25. The number of epoxide rings is 2. The van der Waals surface area contributed by atoms with Gasteiger partial charge in [0.05, 0.1) is 30.1 Å². The summed E-state index contributed by atoms with van der Waals surface area (Å²) in [7, 11) is 0. The van der Waals surface area contributed by atoms with Crippen molar-refractivity contribution in [3.63, 3.8) is 0 Å². The molecule has 0 unspecified atom stereocenters. The van der Waals surface area contributed by atoms with Gasteiger partial charge in [-0.15, -0.1) is 0 Å². The topological polar surface area (TPSA) is 150 Å². The molecule has 250 valence electrons. The van der Waals surface area contributed by atoms with Crippen LogP contribution in [0.2, 0.25) is 0 Å². The van der Waals surface area contributed by atoms with E-state index in [9.17, 15) is 24.3 Å². The normalized spacial score (nSPS) is 39.8. The first-order chi connectivity index (χ1) is 21.9. The summed E-state index contributed by atoms with van der Waals surface area (Å²) in [5.74, 6) is -2.32. The molecule has 11 nitrogen and oxygen atoms in total. The lowest BCUT2D eigenvalue weighted by atomic mass is 9.84. The van der Waals surface area contributed by atoms with Crippen LogP contribution in [-0.2, 0) is 47.6 Å². The predicted octanol–water partition coefficient (Wildman–Crippen LogP) is 3.73.